The fourth-order valence-corrected chi connectivity index (χ4v) is 2.87. The molecule has 0 saturated carbocycles. The lowest BCUT2D eigenvalue weighted by atomic mass is 10.2. The maximum Gasteiger partial charge on any atom is 0.433 e. The summed E-state index contributed by atoms with van der Waals surface area (Å²) in [6, 6.07) is 8.44. The van der Waals surface area contributed by atoms with Gasteiger partial charge < -0.3 is 4.90 Å². The second-order valence-electron chi connectivity index (χ2n) is 5.79. The topological polar surface area (TPSA) is 56.1 Å². The number of piperazine rings is 1. The molecule has 25 heavy (non-hydrogen) atoms. The van der Waals surface area contributed by atoms with E-state index in [1.54, 1.807) is 18.3 Å². The van der Waals surface area contributed by atoms with Crippen LogP contribution in [0, 0.1) is 11.3 Å². The molecule has 1 fully saturated rings. The first-order valence-corrected chi connectivity index (χ1v) is 7.82. The summed E-state index contributed by atoms with van der Waals surface area (Å²) in [4.78, 5) is 11.6. The van der Waals surface area contributed by atoms with Gasteiger partial charge in [0.15, 0.2) is 5.69 Å². The van der Waals surface area contributed by atoms with Gasteiger partial charge in [0, 0.05) is 45.1 Å². The second-order valence-corrected chi connectivity index (χ2v) is 5.79. The third-order valence-electron chi connectivity index (χ3n) is 4.13. The first-order chi connectivity index (χ1) is 12.0. The number of anilines is 1. The van der Waals surface area contributed by atoms with Crippen molar-refractivity contribution in [3.8, 4) is 6.07 Å². The number of pyridine rings is 2. The molecule has 1 aliphatic heterocycles. The Bertz CT molecular complexity index is 776. The quantitative estimate of drug-likeness (QED) is 0.854. The largest absolute Gasteiger partial charge is 0.433 e. The van der Waals surface area contributed by atoms with E-state index in [4.69, 9.17) is 5.26 Å². The lowest BCUT2D eigenvalue weighted by Crippen LogP contribution is -2.46. The lowest BCUT2D eigenvalue weighted by Gasteiger charge is -2.36. The van der Waals surface area contributed by atoms with Crippen molar-refractivity contribution >= 4 is 5.69 Å². The number of hydrogen-bond acceptors (Lipinski definition) is 5. The van der Waals surface area contributed by atoms with Gasteiger partial charge in [0.25, 0.3) is 0 Å². The minimum atomic E-state index is -4.43. The highest BCUT2D eigenvalue weighted by Gasteiger charge is 2.32. The van der Waals surface area contributed by atoms with Crippen LogP contribution >= 0.6 is 0 Å². The van der Waals surface area contributed by atoms with E-state index in [0.717, 1.165) is 11.8 Å². The van der Waals surface area contributed by atoms with Crippen molar-refractivity contribution in [2.24, 2.45) is 0 Å². The van der Waals surface area contributed by atoms with Gasteiger partial charge >= 0.3 is 6.18 Å². The Morgan fingerprint density at radius 3 is 2.52 bits per heavy atom. The summed E-state index contributed by atoms with van der Waals surface area (Å²) in [5.41, 5.74) is 0.917. The maximum absolute atomic E-state index is 12.7. The van der Waals surface area contributed by atoms with Crippen LogP contribution in [-0.4, -0.2) is 41.0 Å². The van der Waals surface area contributed by atoms with Crippen molar-refractivity contribution in [3.05, 3.63) is 53.6 Å². The molecule has 3 heterocycles. The van der Waals surface area contributed by atoms with Gasteiger partial charge in [0.1, 0.15) is 11.8 Å². The number of nitrogens with zero attached hydrogens (tertiary/aromatic N) is 5. The van der Waals surface area contributed by atoms with Gasteiger partial charge in [-0.25, -0.2) is 4.98 Å². The van der Waals surface area contributed by atoms with Gasteiger partial charge in [-0.1, -0.05) is 0 Å². The molecule has 130 valence electrons. The van der Waals surface area contributed by atoms with Gasteiger partial charge in [-0.05, 0) is 29.8 Å². The summed E-state index contributed by atoms with van der Waals surface area (Å²) in [6.45, 7) is 3.22. The molecule has 0 N–H and O–H groups in total. The molecule has 0 aliphatic carbocycles. The van der Waals surface area contributed by atoms with Crippen LogP contribution in [-0.2, 0) is 12.7 Å². The van der Waals surface area contributed by atoms with Crippen molar-refractivity contribution in [1.29, 1.82) is 5.26 Å². The number of rotatable bonds is 3. The number of alkyl halides is 3. The molecule has 1 saturated heterocycles. The molecule has 0 amide bonds. The van der Waals surface area contributed by atoms with E-state index in [0.29, 0.717) is 44.0 Å². The SMILES string of the molecule is N#Cc1ncccc1N1CCN(Cc2ccnc(C(F)(F)F)c2)CC1. The Labute approximate surface area is 143 Å². The molecule has 8 heteroatoms. The summed E-state index contributed by atoms with van der Waals surface area (Å²) >= 11 is 0. The number of hydrogen-bond donors (Lipinski definition) is 0. The Morgan fingerprint density at radius 1 is 1.08 bits per heavy atom. The van der Waals surface area contributed by atoms with E-state index in [2.05, 4.69) is 25.8 Å². The lowest BCUT2D eigenvalue weighted by molar-refractivity contribution is -0.141. The highest BCUT2D eigenvalue weighted by Crippen LogP contribution is 2.28. The highest BCUT2D eigenvalue weighted by atomic mass is 19.4. The van der Waals surface area contributed by atoms with Crippen LogP contribution in [0.5, 0.6) is 0 Å². The summed E-state index contributed by atoms with van der Waals surface area (Å²) in [5.74, 6) is 0. The van der Waals surface area contributed by atoms with Crippen LogP contribution in [0.4, 0.5) is 18.9 Å². The van der Waals surface area contributed by atoms with Crippen molar-refractivity contribution in [2.75, 3.05) is 31.1 Å². The predicted molar refractivity (Wildman–Crippen MR) is 85.7 cm³/mol. The van der Waals surface area contributed by atoms with Crippen molar-refractivity contribution in [2.45, 2.75) is 12.7 Å². The number of nitriles is 1. The Hall–Kier alpha value is -2.66. The van der Waals surface area contributed by atoms with E-state index in [9.17, 15) is 13.2 Å². The molecular weight excluding hydrogens is 331 g/mol. The van der Waals surface area contributed by atoms with Gasteiger partial charge in [-0.3, -0.25) is 9.88 Å². The molecule has 5 nitrogen and oxygen atoms in total. The van der Waals surface area contributed by atoms with E-state index in [1.165, 1.54) is 6.20 Å². The van der Waals surface area contributed by atoms with Crippen LogP contribution in [0.2, 0.25) is 0 Å². The van der Waals surface area contributed by atoms with Crippen molar-refractivity contribution in [3.63, 3.8) is 0 Å². The van der Waals surface area contributed by atoms with Gasteiger partial charge in [-0.15, -0.1) is 0 Å². The fourth-order valence-electron chi connectivity index (χ4n) is 2.87. The standard InChI is InChI=1S/C17H16F3N5/c18-17(19,20)16-10-13(3-5-23-16)12-24-6-8-25(9-7-24)15-2-1-4-22-14(15)11-21/h1-5,10H,6-9,12H2. The Morgan fingerprint density at radius 2 is 1.84 bits per heavy atom. The monoisotopic (exact) mass is 347 g/mol. The molecule has 0 unspecified atom stereocenters. The maximum atomic E-state index is 12.7. The van der Waals surface area contributed by atoms with Crippen LogP contribution in [0.25, 0.3) is 0 Å². The first kappa shape index (κ1) is 17.2. The minimum absolute atomic E-state index is 0.389. The number of halogens is 3. The van der Waals surface area contributed by atoms with Gasteiger partial charge in [0.05, 0.1) is 5.69 Å². The summed E-state index contributed by atoms with van der Waals surface area (Å²) in [6.07, 6.45) is -1.65. The molecule has 0 atom stereocenters. The summed E-state index contributed by atoms with van der Waals surface area (Å²) in [5, 5.41) is 9.14. The van der Waals surface area contributed by atoms with Gasteiger partial charge in [-0.2, -0.15) is 18.4 Å². The zero-order valence-corrected chi connectivity index (χ0v) is 13.4. The van der Waals surface area contributed by atoms with E-state index >= 15 is 0 Å². The van der Waals surface area contributed by atoms with Crippen LogP contribution in [0.3, 0.4) is 0 Å². The van der Waals surface area contributed by atoms with Crippen LogP contribution in [0.15, 0.2) is 36.7 Å². The molecule has 0 bridgehead atoms. The van der Waals surface area contributed by atoms with E-state index < -0.39 is 11.9 Å². The zero-order chi connectivity index (χ0) is 17.9. The molecule has 3 rings (SSSR count). The third kappa shape index (κ3) is 4.06. The molecular formula is C17H16F3N5. The van der Waals surface area contributed by atoms with Gasteiger partial charge in [0.2, 0.25) is 0 Å². The average Bonchev–Trinajstić information content (AvgIpc) is 2.62. The normalized spacial score (nSPS) is 15.8. The Kier molecular flexibility index (Phi) is 4.86. The second kappa shape index (κ2) is 7.07. The predicted octanol–water partition coefficient (Wildman–Crippen LogP) is 2.69. The first-order valence-electron chi connectivity index (χ1n) is 7.82. The molecule has 2 aromatic heterocycles. The fraction of sp³-hybridized carbons (Fsp3) is 0.353. The molecule has 2 aromatic rings. The molecule has 1 aliphatic rings. The summed E-state index contributed by atoms with van der Waals surface area (Å²) < 4.78 is 38.2. The van der Waals surface area contributed by atoms with Crippen LogP contribution in [0.1, 0.15) is 17.0 Å². The van der Waals surface area contributed by atoms with E-state index in [1.807, 2.05) is 6.07 Å². The van der Waals surface area contributed by atoms with Crippen LogP contribution < -0.4 is 4.90 Å². The smallest absolute Gasteiger partial charge is 0.367 e. The molecule has 0 radical (unpaired) electrons. The van der Waals surface area contributed by atoms with Crippen molar-refractivity contribution < 1.29 is 13.2 Å². The minimum Gasteiger partial charge on any atom is -0.367 e. The Balaban J connectivity index is 1.63. The number of aromatic nitrogens is 2. The van der Waals surface area contributed by atoms with E-state index in [-0.39, 0.29) is 0 Å². The zero-order valence-electron chi connectivity index (χ0n) is 13.4. The molecule has 0 aromatic carbocycles. The molecule has 0 spiro atoms. The third-order valence-corrected chi connectivity index (χ3v) is 4.13. The average molecular weight is 347 g/mol. The highest BCUT2D eigenvalue weighted by molar-refractivity contribution is 5.55. The van der Waals surface area contributed by atoms with Crippen molar-refractivity contribution in [1.82, 2.24) is 14.9 Å². The summed E-state index contributed by atoms with van der Waals surface area (Å²) in [7, 11) is 0.